The lowest BCUT2D eigenvalue weighted by Gasteiger charge is -2.39. The summed E-state index contributed by atoms with van der Waals surface area (Å²) in [6, 6.07) is 29.5. The van der Waals surface area contributed by atoms with Crippen molar-refractivity contribution in [1.29, 1.82) is 0 Å². The van der Waals surface area contributed by atoms with Gasteiger partial charge in [-0.25, -0.2) is 0 Å². The van der Waals surface area contributed by atoms with E-state index in [2.05, 4.69) is 72.0 Å². The van der Waals surface area contributed by atoms with Crippen LogP contribution in [-0.4, -0.2) is 7.05 Å². The van der Waals surface area contributed by atoms with E-state index >= 15 is 0 Å². The summed E-state index contributed by atoms with van der Waals surface area (Å²) in [5, 5.41) is 4.04. The molecular formula is C26H18ClNO. The van der Waals surface area contributed by atoms with E-state index in [4.69, 9.17) is 16.3 Å². The standard InChI is InChI=1S/C26H18ClNO/c1-28-16-13-14-18-17(15-16)25-21(9-6-10-22(25)27)26(18)19-7-2-4-11-23(19)29-24-12-5-3-8-20(24)26/h2-15,28H,1H3. The number of rotatable bonds is 1. The maximum Gasteiger partial charge on any atom is 0.132 e. The van der Waals surface area contributed by atoms with Crippen molar-refractivity contribution in [1.82, 2.24) is 0 Å². The van der Waals surface area contributed by atoms with Gasteiger partial charge in [0.25, 0.3) is 0 Å². The minimum absolute atomic E-state index is 0.451. The Labute approximate surface area is 174 Å². The third-order valence-corrected chi connectivity index (χ3v) is 6.52. The second kappa shape index (κ2) is 5.88. The fourth-order valence-corrected chi connectivity index (χ4v) is 5.34. The van der Waals surface area contributed by atoms with Crippen molar-refractivity contribution in [3.8, 4) is 22.6 Å². The van der Waals surface area contributed by atoms with Crippen LogP contribution in [0.1, 0.15) is 22.3 Å². The summed E-state index contributed by atoms with van der Waals surface area (Å²) < 4.78 is 6.32. The quantitative estimate of drug-likeness (QED) is 0.328. The first kappa shape index (κ1) is 16.7. The molecule has 1 N–H and O–H groups in total. The van der Waals surface area contributed by atoms with Crippen LogP contribution >= 0.6 is 11.6 Å². The molecule has 0 unspecified atom stereocenters. The molecule has 0 amide bonds. The lowest BCUT2D eigenvalue weighted by Crippen LogP contribution is -2.32. The molecule has 0 saturated carbocycles. The number of ether oxygens (including phenoxy) is 1. The van der Waals surface area contributed by atoms with Crippen LogP contribution in [0.15, 0.2) is 84.9 Å². The van der Waals surface area contributed by atoms with Crippen LogP contribution in [0.2, 0.25) is 5.02 Å². The van der Waals surface area contributed by atoms with E-state index in [1.807, 2.05) is 25.2 Å². The zero-order valence-corrected chi connectivity index (χ0v) is 16.6. The highest BCUT2D eigenvalue weighted by Gasteiger charge is 2.51. The number of nitrogens with one attached hydrogen (secondary N) is 1. The van der Waals surface area contributed by atoms with E-state index in [0.717, 1.165) is 38.9 Å². The van der Waals surface area contributed by atoms with Crippen LogP contribution in [0.4, 0.5) is 5.69 Å². The van der Waals surface area contributed by atoms with E-state index in [0.29, 0.717) is 0 Å². The van der Waals surface area contributed by atoms with Gasteiger partial charge >= 0.3 is 0 Å². The highest BCUT2D eigenvalue weighted by molar-refractivity contribution is 6.34. The van der Waals surface area contributed by atoms with Gasteiger partial charge in [-0.05, 0) is 47.0 Å². The Hall–Kier alpha value is -3.23. The van der Waals surface area contributed by atoms with Crippen molar-refractivity contribution in [3.63, 3.8) is 0 Å². The van der Waals surface area contributed by atoms with Gasteiger partial charge in [0.15, 0.2) is 0 Å². The number of benzene rings is 4. The molecule has 0 bridgehead atoms. The zero-order chi connectivity index (χ0) is 19.6. The normalized spacial score (nSPS) is 14.4. The first-order valence-corrected chi connectivity index (χ1v) is 10.1. The van der Waals surface area contributed by atoms with Crippen LogP contribution in [0.25, 0.3) is 11.1 Å². The minimum atomic E-state index is -0.451. The van der Waals surface area contributed by atoms with E-state index in [9.17, 15) is 0 Å². The van der Waals surface area contributed by atoms with Gasteiger partial charge < -0.3 is 10.1 Å². The molecule has 2 aliphatic rings. The third kappa shape index (κ3) is 2.02. The second-order valence-corrected chi connectivity index (χ2v) is 7.92. The summed E-state index contributed by atoms with van der Waals surface area (Å²) in [6.45, 7) is 0. The Morgan fingerprint density at radius 2 is 1.38 bits per heavy atom. The Bertz CT molecular complexity index is 1250. The van der Waals surface area contributed by atoms with Gasteiger partial charge in [0, 0.05) is 34.4 Å². The van der Waals surface area contributed by atoms with Crippen LogP contribution in [0.5, 0.6) is 11.5 Å². The van der Waals surface area contributed by atoms with Crippen molar-refractivity contribution in [2.24, 2.45) is 0 Å². The summed E-state index contributed by atoms with van der Waals surface area (Å²) in [5.74, 6) is 1.78. The molecule has 4 aromatic carbocycles. The zero-order valence-electron chi connectivity index (χ0n) is 15.9. The van der Waals surface area contributed by atoms with Crippen LogP contribution in [-0.2, 0) is 5.41 Å². The van der Waals surface area contributed by atoms with Crippen molar-refractivity contribution in [2.45, 2.75) is 5.41 Å². The van der Waals surface area contributed by atoms with E-state index in [-0.39, 0.29) is 0 Å². The predicted octanol–water partition coefficient (Wildman–Crippen LogP) is 6.85. The molecule has 0 atom stereocenters. The molecule has 29 heavy (non-hydrogen) atoms. The number of fused-ring (bicyclic) bond motifs is 9. The molecule has 4 aromatic rings. The molecule has 0 radical (unpaired) electrons. The molecule has 140 valence electrons. The largest absolute Gasteiger partial charge is 0.457 e. The molecule has 0 aromatic heterocycles. The van der Waals surface area contributed by atoms with Gasteiger partial charge in [0.05, 0.1) is 5.41 Å². The molecular weight excluding hydrogens is 378 g/mol. The summed E-state index contributed by atoms with van der Waals surface area (Å²) in [7, 11) is 1.94. The van der Waals surface area contributed by atoms with Gasteiger partial charge in [0.1, 0.15) is 11.5 Å². The Morgan fingerprint density at radius 3 is 2.07 bits per heavy atom. The minimum Gasteiger partial charge on any atom is -0.457 e. The maximum absolute atomic E-state index is 6.80. The fourth-order valence-electron chi connectivity index (χ4n) is 5.06. The van der Waals surface area contributed by atoms with E-state index < -0.39 is 5.41 Å². The molecule has 0 fully saturated rings. The molecule has 6 rings (SSSR count). The topological polar surface area (TPSA) is 21.3 Å². The SMILES string of the molecule is CNc1ccc2c(c1)-c1c(Cl)cccc1C21c2ccccc2Oc2ccccc21. The summed E-state index contributed by atoms with van der Waals surface area (Å²) in [4.78, 5) is 0. The van der Waals surface area contributed by atoms with Crippen molar-refractivity contribution in [2.75, 3.05) is 12.4 Å². The Morgan fingerprint density at radius 1 is 0.724 bits per heavy atom. The van der Waals surface area contributed by atoms with Gasteiger partial charge in [-0.1, -0.05) is 66.2 Å². The summed E-state index contributed by atoms with van der Waals surface area (Å²) >= 11 is 6.80. The van der Waals surface area contributed by atoms with Crippen LogP contribution in [0.3, 0.4) is 0 Å². The van der Waals surface area contributed by atoms with Crippen molar-refractivity contribution >= 4 is 17.3 Å². The monoisotopic (exact) mass is 395 g/mol. The second-order valence-electron chi connectivity index (χ2n) is 7.52. The lowest BCUT2D eigenvalue weighted by molar-refractivity contribution is 0.436. The molecule has 3 heteroatoms. The van der Waals surface area contributed by atoms with Gasteiger partial charge in [-0.2, -0.15) is 0 Å². The van der Waals surface area contributed by atoms with Crippen molar-refractivity contribution < 1.29 is 4.74 Å². The highest BCUT2D eigenvalue weighted by atomic mass is 35.5. The van der Waals surface area contributed by atoms with E-state index in [1.54, 1.807) is 0 Å². The van der Waals surface area contributed by atoms with Gasteiger partial charge in [-0.3, -0.25) is 0 Å². The molecule has 0 saturated heterocycles. The summed E-state index contributed by atoms with van der Waals surface area (Å²) in [5.41, 5.74) is 7.64. The molecule has 1 heterocycles. The average Bonchev–Trinajstić information content (AvgIpc) is 3.05. The predicted molar refractivity (Wildman–Crippen MR) is 118 cm³/mol. The van der Waals surface area contributed by atoms with Crippen LogP contribution < -0.4 is 10.1 Å². The number of para-hydroxylation sites is 2. The smallest absolute Gasteiger partial charge is 0.132 e. The maximum atomic E-state index is 6.80. The number of halogens is 1. The van der Waals surface area contributed by atoms with Gasteiger partial charge in [0.2, 0.25) is 0 Å². The Kier molecular flexibility index (Phi) is 3.39. The molecule has 1 spiro atoms. The molecule has 2 nitrogen and oxygen atoms in total. The summed E-state index contributed by atoms with van der Waals surface area (Å²) in [6.07, 6.45) is 0. The first-order chi connectivity index (χ1) is 14.2. The Balaban J connectivity index is 1.84. The van der Waals surface area contributed by atoms with Crippen LogP contribution in [0, 0.1) is 0 Å². The highest BCUT2D eigenvalue weighted by Crippen LogP contribution is 2.63. The molecule has 1 aliphatic carbocycles. The third-order valence-electron chi connectivity index (χ3n) is 6.20. The lowest BCUT2D eigenvalue weighted by atomic mass is 9.66. The molecule has 1 aliphatic heterocycles. The fraction of sp³-hybridized carbons (Fsp3) is 0.0769. The number of hydrogen-bond acceptors (Lipinski definition) is 2. The van der Waals surface area contributed by atoms with E-state index in [1.165, 1.54) is 16.7 Å². The average molecular weight is 396 g/mol. The van der Waals surface area contributed by atoms with Gasteiger partial charge in [-0.15, -0.1) is 0 Å². The first-order valence-electron chi connectivity index (χ1n) is 9.73. The van der Waals surface area contributed by atoms with Crippen molar-refractivity contribution in [3.05, 3.63) is 112 Å². The number of hydrogen-bond donors (Lipinski definition) is 1. The number of anilines is 1.